The highest BCUT2D eigenvalue weighted by atomic mass is 14.5. The van der Waals surface area contributed by atoms with E-state index in [1.165, 1.54) is 30.4 Å². The van der Waals surface area contributed by atoms with Crippen LogP contribution in [0.4, 0.5) is 0 Å². The number of hydrogen-bond donors (Lipinski definition) is 1. The molecule has 0 aromatic heterocycles. The summed E-state index contributed by atoms with van der Waals surface area (Å²) in [6.07, 6.45) is 3.74. The zero-order valence-electron chi connectivity index (χ0n) is 9.29. The maximum atomic E-state index is 5.80. The first-order valence-corrected chi connectivity index (χ1v) is 5.54. The van der Waals surface area contributed by atoms with Crippen LogP contribution in [0.25, 0.3) is 0 Å². The second-order valence-corrected chi connectivity index (χ2v) is 3.99. The Morgan fingerprint density at radius 1 is 1.36 bits per heavy atom. The standard InChI is InChI=1S/C13H21N/c1-3-4-7-13(10-14)12-8-5-6-11(2)9-12/h5-6,8-9,13H,3-4,7,10,14H2,1-2H3. The van der Waals surface area contributed by atoms with E-state index in [9.17, 15) is 0 Å². The van der Waals surface area contributed by atoms with Gasteiger partial charge < -0.3 is 5.73 Å². The molecule has 0 aliphatic heterocycles. The van der Waals surface area contributed by atoms with Crippen LogP contribution >= 0.6 is 0 Å². The van der Waals surface area contributed by atoms with Gasteiger partial charge in [0.2, 0.25) is 0 Å². The van der Waals surface area contributed by atoms with Crippen LogP contribution in [0.1, 0.15) is 43.2 Å². The van der Waals surface area contributed by atoms with E-state index in [-0.39, 0.29) is 0 Å². The van der Waals surface area contributed by atoms with Gasteiger partial charge in [-0.15, -0.1) is 0 Å². The van der Waals surface area contributed by atoms with Crippen LogP contribution < -0.4 is 5.73 Å². The van der Waals surface area contributed by atoms with E-state index < -0.39 is 0 Å². The monoisotopic (exact) mass is 191 g/mol. The number of benzene rings is 1. The van der Waals surface area contributed by atoms with Gasteiger partial charge in [-0.3, -0.25) is 0 Å². The molecule has 2 N–H and O–H groups in total. The molecule has 0 aliphatic rings. The molecule has 0 spiro atoms. The average Bonchev–Trinajstić information content (AvgIpc) is 2.19. The molecule has 0 bridgehead atoms. The molecule has 0 heterocycles. The van der Waals surface area contributed by atoms with Crippen molar-refractivity contribution in [3.05, 3.63) is 35.4 Å². The second-order valence-electron chi connectivity index (χ2n) is 3.99. The first-order valence-electron chi connectivity index (χ1n) is 5.54. The molecule has 0 amide bonds. The third-order valence-corrected chi connectivity index (χ3v) is 2.70. The van der Waals surface area contributed by atoms with E-state index in [0.717, 1.165) is 6.54 Å². The summed E-state index contributed by atoms with van der Waals surface area (Å²) in [5.41, 5.74) is 8.53. The maximum absolute atomic E-state index is 5.80. The van der Waals surface area contributed by atoms with Crippen molar-refractivity contribution < 1.29 is 0 Å². The fourth-order valence-electron chi connectivity index (χ4n) is 1.80. The molecule has 1 unspecified atom stereocenters. The maximum Gasteiger partial charge on any atom is -0.000824 e. The zero-order chi connectivity index (χ0) is 10.4. The quantitative estimate of drug-likeness (QED) is 0.759. The van der Waals surface area contributed by atoms with Crippen molar-refractivity contribution in [3.63, 3.8) is 0 Å². The van der Waals surface area contributed by atoms with Gasteiger partial charge in [-0.05, 0) is 31.4 Å². The predicted octanol–water partition coefficient (Wildman–Crippen LogP) is 3.23. The van der Waals surface area contributed by atoms with E-state index in [2.05, 4.69) is 38.1 Å². The molecule has 78 valence electrons. The number of nitrogens with two attached hydrogens (primary N) is 1. The predicted molar refractivity (Wildman–Crippen MR) is 62.5 cm³/mol. The Bertz CT molecular complexity index is 268. The van der Waals surface area contributed by atoms with Crippen LogP contribution in [-0.4, -0.2) is 6.54 Å². The van der Waals surface area contributed by atoms with E-state index in [1.54, 1.807) is 0 Å². The molecule has 14 heavy (non-hydrogen) atoms. The Morgan fingerprint density at radius 3 is 2.71 bits per heavy atom. The fourth-order valence-corrected chi connectivity index (χ4v) is 1.80. The van der Waals surface area contributed by atoms with Crippen molar-refractivity contribution >= 4 is 0 Å². The van der Waals surface area contributed by atoms with Gasteiger partial charge in [-0.2, -0.15) is 0 Å². The van der Waals surface area contributed by atoms with Gasteiger partial charge in [0.05, 0.1) is 0 Å². The number of aryl methyl sites for hydroxylation is 1. The number of rotatable bonds is 5. The number of unbranched alkanes of at least 4 members (excludes halogenated alkanes) is 1. The van der Waals surface area contributed by atoms with Crippen LogP contribution in [0.2, 0.25) is 0 Å². The summed E-state index contributed by atoms with van der Waals surface area (Å²) < 4.78 is 0. The summed E-state index contributed by atoms with van der Waals surface area (Å²) >= 11 is 0. The van der Waals surface area contributed by atoms with Gasteiger partial charge in [0.25, 0.3) is 0 Å². The fraction of sp³-hybridized carbons (Fsp3) is 0.538. The first-order chi connectivity index (χ1) is 6.77. The molecule has 1 nitrogen and oxygen atoms in total. The second kappa shape index (κ2) is 5.82. The normalized spacial score (nSPS) is 12.8. The first kappa shape index (κ1) is 11.3. The Balaban J connectivity index is 2.68. The van der Waals surface area contributed by atoms with Crippen LogP contribution in [0.3, 0.4) is 0 Å². The van der Waals surface area contributed by atoms with Crippen LogP contribution in [0.15, 0.2) is 24.3 Å². The highest BCUT2D eigenvalue weighted by Crippen LogP contribution is 2.21. The lowest BCUT2D eigenvalue weighted by atomic mass is 9.93. The minimum Gasteiger partial charge on any atom is -0.330 e. The highest BCUT2D eigenvalue weighted by Gasteiger charge is 2.08. The number of hydrogen-bond acceptors (Lipinski definition) is 1. The van der Waals surface area contributed by atoms with Gasteiger partial charge in [0, 0.05) is 0 Å². The van der Waals surface area contributed by atoms with Crippen molar-refractivity contribution in [1.82, 2.24) is 0 Å². The molecule has 1 rings (SSSR count). The summed E-state index contributed by atoms with van der Waals surface area (Å²) in [5.74, 6) is 0.551. The Labute approximate surface area is 87.3 Å². The lowest BCUT2D eigenvalue weighted by molar-refractivity contribution is 0.591. The van der Waals surface area contributed by atoms with Gasteiger partial charge in [-0.25, -0.2) is 0 Å². The zero-order valence-corrected chi connectivity index (χ0v) is 9.29. The Morgan fingerprint density at radius 2 is 2.14 bits per heavy atom. The molecular weight excluding hydrogens is 170 g/mol. The van der Waals surface area contributed by atoms with E-state index in [1.807, 2.05) is 0 Å². The average molecular weight is 191 g/mol. The topological polar surface area (TPSA) is 26.0 Å². The van der Waals surface area contributed by atoms with Crippen molar-refractivity contribution in [3.8, 4) is 0 Å². The molecule has 0 radical (unpaired) electrons. The van der Waals surface area contributed by atoms with Crippen molar-refractivity contribution in [2.75, 3.05) is 6.54 Å². The third kappa shape index (κ3) is 3.15. The molecule has 0 aliphatic carbocycles. The molecule has 0 fully saturated rings. The molecule has 1 atom stereocenters. The SMILES string of the molecule is CCCCC(CN)c1cccc(C)c1. The molecular formula is C13H21N. The van der Waals surface area contributed by atoms with E-state index in [4.69, 9.17) is 5.73 Å². The lowest BCUT2D eigenvalue weighted by Gasteiger charge is -2.15. The summed E-state index contributed by atoms with van der Waals surface area (Å²) in [6, 6.07) is 8.71. The summed E-state index contributed by atoms with van der Waals surface area (Å²) in [4.78, 5) is 0. The van der Waals surface area contributed by atoms with E-state index >= 15 is 0 Å². The molecule has 1 aromatic carbocycles. The summed E-state index contributed by atoms with van der Waals surface area (Å²) in [5, 5.41) is 0. The summed E-state index contributed by atoms with van der Waals surface area (Å²) in [7, 11) is 0. The lowest BCUT2D eigenvalue weighted by Crippen LogP contribution is -2.12. The molecule has 0 saturated carbocycles. The highest BCUT2D eigenvalue weighted by molar-refractivity contribution is 5.25. The summed E-state index contributed by atoms with van der Waals surface area (Å²) in [6.45, 7) is 5.13. The van der Waals surface area contributed by atoms with Crippen LogP contribution in [0, 0.1) is 6.92 Å². The smallest absolute Gasteiger partial charge is 0.000824 e. The van der Waals surface area contributed by atoms with Gasteiger partial charge >= 0.3 is 0 Å². The van der Waals surface area contributed by atoms with Gasteiger partial charge in [0.1, 0.15) is 0 Å². The van der Waals surface area contributed by atoms with Crippen LogP contribution in [0.5, 0.6) is 0 Å². The van der Waals surface area contributed by atoms with E-state index in [0.29, 0.717) is 5.92 Å². The van der Waals surface area contributed by atoms with Crippen molar-refractivity contribution in [2.24, 2.45) is 5.73 Å². The Hall–Kier alpha value is -0.820. The van der Waals surface area contributed by atoms with Gasteiger partial charge in [-0.1, -0.05) is 49.6 Å². The van der Waals surface area contributed by atoms with Gasteiger partial charge in [0.15, 0.2) is 0 Å². The largest absolute Gasteiger partial charge is 0.330 e. The van der Waals surface area contributed by atoms with Crippen molar-refractivity contribution in [2.45, 2.75) is 39.0 Å². The van der Waals surface area contributed by atoms with Crippen molar-refractivity contribution in [1.29, 1.82) is 0 Å². The molecule has 0 saturated heterocycles. The Kier molecular flexibility index (Phi) is 4.68. The third-order valence-electron chi connectivity index (χ3n) is 2.70. The molecule has 1 aromatic rings. The van der Waals surface area contributed by atoms with Crippen LogP contribution in [-0.2, 0) is 0 Å². The minimum atomic E-state index is 0.551. The molecule has 1 heteroatoms. The minimum absolute atomic E-state index is 0.551.